The monoisotopic (exact) mass is 236 g/mol. The minimum atomic E-state index is 1.07. The molecule has 17 heavy (non-hydrogen) atoms. The fraction of sp³-hybridized carbons (Fsp3) is 1.00. The molecule has 1 N–H and O–H groups in total. The molecule has 3 rings (SSSR count). The molecule has 0 aromatic rings. The summed E-state index contributed by atoms with van der Waals surface area (Å²) in [6.07, 6.45) is 8.98. The van der Waals surface area contributed by atoms with E-state index in [0.717, 1.165) is 23.7 Å². The first-order chi connectivity index (χ1) is 8.33. The van der Waals surface area contributed by atoms with Crippen LogP contribution in [0.2, 0.25) is 0 Å². The predicted molar refractivity (Wildman–Crippen MR) is 72.0 cm³/mol. The van der Waals surface area contributed by atoms with E-state index < -0.39 is 0 Å². The summed E-state index contributed by atoms with van der Waals surface area (Å²) in [5, 5.41) is 3.49. The summed E-state index contributed by atoms with van der Waals surface area (Å²) in [7, 11) is 2.27. The fourth-order valence-electron chi connectivity index (χ4n) is 4.29. The average molecular weight is 236 g/mol. The van der Waals surface area contributed by atoms with Gasteiger partial charge in [0.15, 0.2) is 0 Å². The summed E-state index contributed by atoms with van der Waals surface area (Å²) in [4.78, 5) is 2.50. The molecule has 0 spiro atoms. The molecule has 2 aliphatic heterocycles. The summed E-state index contributed by atoms with van der Waals surface area (Å²) in [5.74, 6) is 4.34. The van der Waals surface area contributed by atoms with Crippen LogP contribution in [0, 0.1) is 23.7 Å². The van der Waals surface area contributed by atoms with Crippen molar-refractivity contribution in [1.29, 1.82) is 0 Å². The first-order valence-electron chi connectivity index (χ1n) is 7.72. The number of nitrogens with zero attached hydrogens (tertiary/aromatic N) is 1. The number of hydrogen-bond acceptors (Lipinski definition) is 2. The second kappa shape index (κ2) is 5.27. The van der Waals surface area contributed by atoms with Crippen LogP contribution in [0.1, 0.15) is 38.5 Å². The normalized spacial score (nSPS) is 37.9. The van der Waals surface area contributed by atoms with Crippen molar-refractivity contribution in [3.63, 3.8) is 0 Å². The molecular weight excluding hydrogens is 208 g/mol. The molecule has 1 aliphatic carbocycles. The highest BCUT2D eigenvalue weighted by molar-refractivity contribution is 4.91. The van der Waals surface area contributed by atoms with Crippen LogP contribution in [0.5, 0.6) is 0 Å². The molecule has 1 saturated carbocycles. The molecule has 0 atom stereocenters. The lowest BCUT2D eigenvalue weighted by Gasteiger charge is -2.47. The van der Waals surface area contributed by atoms with E-state index in [1.807, 2.05) is 0 Å². The van der Waals surface area contributed by atoms with Crippen LogP contribution in [-0.4, -0.2) is 38.1 Å². The molecule has 0 radical (unpaired) electrons. The molecule has 2 saturated heterocycles. The van der Waals surface area contributed by atoms with Gasteiger partial charge in [-0.15, -0.1) is 0 Å². The minimum Gasteiger partial charge on any atom is -0.317 e. The lowest BCUT2D eigenvalue weighted by Crippen LogP contribution is -2.42. The van der Waals surface area contributed by atoms with Gasteiger partial charge in [0.2, 0.25) is 0 Å². The van der Waals surface area contributed by atoms with Gasteiger partial charge in [0, 0.05) is 0 Å². The molecule has 2 heterocycles. The smallest absolute Gasteiger partial charge is 0.00190 e. The number of likely N-dealkylation sites (tertiary alicyclic amines) is 1. The van der Waals surface area contributed by atoms with Gasteiger partial charge in [-0.1, -0.05) is 0 Å². The Hall–Kier alpha value is -0.0800. The molecule has 0 aromatic carbocycles. The van der Waals surface area contributed by atoms with Crippen LogP contribution < -0.4 is 5.32 Å². The topological polar surface area (TPSA) is 15.3 Å². The van der Waals surface area contributed by atoms with E-state index in [1.54, 1.807) is 12.8 Å². The van der Waals surface area contributed by atoms with Gasteiger partial charge in [0.1, 0.15) is 0 Å². The summed E-state index contributed by atoms with van der Waals surface area (Å²) < 4.78 is 0. The molecule has 0 unspecified atom stereocenters. The van der Waals surface area contributed by atoms with Crippen molar-refractivity contribution in [3.8, 4) is 0 Å². The highest BCUT2D eigenvalue weighted by Crippen LogP contribution is 2.47. The first-order valence-corrected chi connectivity index (χ1v) is 7.72. The Morgan fingerprint density at radius 3 is 1.88 bits per heavy atom. The van der Waals surface area contributed by atoms with Gasteiger partial charge >= 0.3 is 0 Å². The van der Waals surface area contributed by atoms with E-state index in [0.29, 0.717) is 0 Å². The van der Waals surface area contributed by atoms with Gasteiger partial charge < -0.3 is 10.2 Å². The quantitative estimate of drug-likeness (QED) is 0.792. The maximum atomic E-state index is 3.49. The van der Waals surface area contributed by atoms with E-state index >= 15 is 0 Å². The van der Waals surface area contributed by atoms with Crippen molar-refractivity contribution >= 4 is 0 Å². The van der Waals surface area contributed by atoms with Crippen molar-refractivity contribution in [1.82, 2.24) is 10.2 Å². The third-order valence-electron chi connectivity index (χ3n) is 5.69. The van der Waals surface area contributed by atoms with Gasteiger partial charge in [-0.25, -0.2) is 0 Å². The van der Waals surface area contributed by atoms with Gasteiger partial charge in [-0.3, -0.25) is 0 Å². The fourth-order valence-corrected chi connectivity index (χ4v) is 4.29. The van der Waals surface area contributed by atoms with Crippen LogP contribution in [0.3, 0.4) is 0 Å². The molecular formula is C15H28N2. The summed E-state index contributed by atoms with van der Waals surface area (Å²) in [6.45, 7) is 5.25. The standard InChI is InChI=1S/C15H28N2/c1-17-8-4-13(5-9-17)15-10-14(11-15)12-2-6-16-7-3-12/h12-16H,2-11H2,1H3. The highest BCUT2D eigenvalue weighted by atomic mass is 15.1. The van der Waals surface area contributed by atoms with E-state index in [2.05, 4.69) is 17.3 Å². The van der Waals surface area contributed by atoms with E-state index in [9.17, 15) is 0 Å². The molecule has 2 heteroatoms. The number of hydrogen-bond donors (Lipinski definition) is 1. The van der Waals surface area contributed by atoms with Crippen molar-refractivity contribution in [2.45, 2.75) is 38.5 Å². The number of rotatable bonds is 2. The zero-order valence-electron chi connectivity index (χ0n) is 11.3. The minimum absolute atomic E-state index is 1.07. The van der Waals surface area contributed by atoms with Gasteiger partial charge in [-0.2, -0.15) is 0 Å². The van der Waals surface area contributed by atoms with E-state index in [4.69, 9.17) is 0 Å². The predicted octanol–water partition coefficient (Wildman–Crippen LogP) is 2.35. The number of piperidine rings is 2. The summed E-state index contributed by atoms with van der Waals surface area (Å²) in [6, 6.07) is 0. The van der Waals surface area contributed by atoms with Crippen LogP contribution in [0.15, 0.2) is 0 Å². The molecule has 0 bridgehead atoms. The average Bonchev–Trinajstić information content (AvgIpc) is 2.31. The van der Waals surface area contributed by atoms with Crippen molar-refractivity contribution in [2.24, 2.45) is 23.7 Å². The molecule has 2 nitrogen and oxygen atoms in total. The number of nitrogens with one attached hydrogen (secondary N) is 1. The highest BCUT2D eigenvalue weighted by Gasteiger charge is 2.39. The molecule has 3 fully saturated rings. The maximum absolute atomic E-state index is 3.49. The zero-order chi connectivity index (χ0) is 11.7. The van der Waals surface area contributed by atoms with Gasteiger partial charge in [-0.05, 0) is 95.4 Å². The Bertz CT molecular complexity index is 233. The Morgan fingerprint density at radius 2 is 1.29 bits per heavy atom. The maximum Gasteiger partial charge on any atom is -0.00190 e. The zero-order valence-corrected chi connectivity index (χ0v) is 11.3. The van der Waals surface area contributed by atoms with Gasteiger partial charge in [0.05, 0.1) is 0 Å². The summed E-state index contributed by atoms with van der Waals surface area (Å²) in [5.41, 5.74) is 0. The molecule has 0 amide bonds. The summed E-state index contributed by atoms with van der Waals surface area (Å²) >= 11 is 0. The third kappa shape index (κ3) is 2.68. The van der Waals surface area contributed by atoms with E-state index in [1.165, 1.54) is 51.9 Å². The van der Waals surface area contributed by atoms with Crippen molar-refractivity contribution < 1.29 is 0 Å². The third-order valence-corrected chi connectivity index (χ3v) is 5.69. The Labute approximate surface area is 106 Å². The van der Waals surface area contributed by atoms with Crippen molar-refractivity contribution in [2.75, 3.05) is 33.2 Å². The Morgan fingerprint density at radius 1 is 0.765 bits per heavy atom. The largest absolute Gasteiger partial charge is 0.317 e. The Kier molecular flexibility index (Phi) is 3.72. The van der Waals surface area contributed by atoms with Gasteiger partial charge in [0.25, 0.3) is 0 Å². The second-order valence-electron chi connectivity index (χ2n) is 6.72. The van der Waals surface area contributed by atoms with Crippen molar-refractivity contribution in [3.05, 3.63) is 0 Å². The first kappa shape index (κ1) is 12.0. The SMILES string of the molecule is CN1CCC(C2CC(C3CCNCC3)C2)CC1. The molecule has 98 valence electrons. The lowest BCUT2D eigenvalue weighted by molar-refractivity contribution is 0.0363. The second-order valence-corrected chi connectivity index (χ2v) is 6.72. The van der Waals surface area contributed by atoms with Crippen LogP contribution in [0.4, 0.5) is 0 Å². The molecule has 0 aromatic heterocycles. The van der Waals surface area contributed by atoms with E-state index in [-0.39, 0.29) is 0 Å². The molecule has 3 aliphatic rings. The van der Waals surface area contributed by atoms with Crippen LogP contribution in [-0.2, 0) is 0 Å². The lowest BCUT2D eigenvalue weighted by atomic mass is 9.61. The Balaban J connectivity index is 1.41. The van der Waals surface area contributed by atoms with Crippen LogP contribution in [0.25, 0.3) is 0 Å². The van der Waals surface area contributed by atoms with Crippen LogP contribution >= 0.6 is 0 Å².